The van der Waals surface area contributed by atoms with Gasteiger partial charge in [0.1, 0.15) is 0 Å². The average Bonchev–Trinajstić information content (AvgIpc) is 4.17. The molecule has 1 unspecified atom stereocenters. The van der Waals surface area contributed by atoms with Gasteiger partial charge in [-0.25, -0.2) is 0 Å². The predicted molar refractivity (Wildman–Crippen MR) is 249 cm³/mol. The Balaban J connectivity index is 0.000000158. The summed E-state index contributed by atoms with van der Waals surface area (Å²) in [4.78, 5) is 32.0. The molecule has 62 heavy (non-hydrogen) atoms. The summed E-state index contributed by atoms with van der Waals surface area (Å²) in [5, 5.41) is 1.40. The SMILES string of the molecule is O=C(c1ccccc1-n1cccc1)N(Cc1ccc(Cl)cc1)C1CCc2ccccc21.O=C(c1ccccc1-n1cccc1)N(Cc1ccc(Cl)cc1)C1Cc2ccccc2C1. The van der Waals surface area contributed by atoms with E-state index in [1.54, 1.807) is 0 Å². The van der Waals surface area contributed by atoms with Crippen molar-refractivity contribution in [2.24, 2.45) is 0 Å². The highest BCUT2D eigenvalue weighted by molar-refractivity contribution is 6.30. The number of carbonyl (C=O) groups is 2. The zero-order chi connectivity index (χ0) is 42.4. The third-order valence-corrected chi connectivity index (χ3v) is 12.5. The quantitative estimate of drug-likeness (QED) is 0.138. The van der Waals surface area contributed by atoms with Crippen LogP contribution in [0.15, 0.2) is 195 Å². The first-order valence-corrected chi connectivity index (χ1v) is 21.9. The fourth-order valence-corrected chi connectivity index (χ4v) is 9.19. The van der Waals surface area contributed by atoms with E-state index in [0.717, 1.165) is 48.2 Å². The van der Waals surface area contributed by atoms with Gasteiger partial charge in [-0.05, 0) is 132 Å². The molecule has 2 amide bonds. The minimum Gasteiger partial charge on any atom is -0.331 e. The summed E-state index contributed by atoms with van der Waals surface area (Å²) in [7, 11) is 0. The van der Waals surface area contributed by atoms with Gasteiger partial charge in [-0.1, -0.05) is 120 Å². The van der Waals surface area contributed by atoms with Crippen LogP contribution in [0.25, 0.3) is 11.4 Å². The molecule has 2 aliphatic rings. The number of nitrogens with zero attached hydrogens (tertiary/aromatic N) is 4. The van der Waals surface area contributed by atoms with Crippen LogP contribution in [0.3, 0.4) is 0 Å². The van der Waals surface area contributed by atoms with Gasteiger partial charge >= 0.3 is 0 Å². The highest BCUT2D eigenvalue weighted by Crippen LogP contribution is 2.38. The van der Waals surface area contributed by atoms with E-state index in [1.807, 2.05) is 165 Å². The number of amides is 2. The third-order valence-electron chi connectivity index (χ3n) is 12.0. The van der Waals surface area contributed by atoms with E-state index >= 15 is 0 Å². The van der Waals surface area contributed by atoms with Crippen molar-refractivity contribution in [2.45, 2.75) is 50.9 Å². The van der Waals surface area contributed by atoms with E-state index in [2.05, 4.69) is 48.5 Å². The molecule has 6 nitrogen and oxygen atoms in total. The Morgan fingerprint density at radius 3 is 1.42 bits per heavy atom. The van der Waals surface area contributed by atoms with Crippen molar-refractivity contribution in [2.75, 3.05) is 0 Å². The molecule has 0 saturated carbocycles. The molecular weight excluding hydrogens is 808 g/mol. The molecule has 1 atom stereocenters. The van der Waals surface area contributed by atoms with Crippen molar-refractivity contribution >= 4 is 35.0 Å². The minimum atomic E-state index is 0.0425. The van der Waals surface area contributed by atoms with Crippen molar-refractivity contribution in [3.8, 4) is 11.4 Å². The molecule has 0 fully saturated rings. The summed E-state index contributed by atoms with van der Waals surface area (Å²) in [6, 6.07) is 56.3. The number of aromatic nitrogens is 2. The average molecular weight is 854 g/mol. The van der Waals surface area contributed by atoms with Crippen LogP contribution < -0.4 is 0 Å². The maximum atomic E-state index is 14.0. The Hall–Kier alpha value is -6.60. The number of benzene rings is 6. The fourth-order valence-electron chi connectivity index (χ4n) is 8.94. The molecule has 6 aromatic carbocycles. The maximum absolute atomic E-state index is 14.0. The molecule has 0 N–H and O–H groups in total. The van der Waals surface area contributed by atoms with E-state index in [9.17, 15) is 9.59 Å². The summed E-state index contributed by atoms with van der Waals surface area (Å²) >= 11 is 12.2. The highest BCUT2D eigenvalue weighted by Gasteiger charge is 2.33. The molecule has 2 aromatic heterocycles. The predicted octanol–water partition coefficient (Wildman–Crippen LogP) is 12.4. The second-order valence-electron chi connectivity index (χ2n) is 15.9. The number of para-hydroxylation sites is 2. The van der Waals surface area contributed by atoms with Crippen molar-refractivity contribution in [3.05, 3.63) is 249 Å². The lowest BCUT2D eigenvalue weighted by Crippen LogP contribution is -2.40. The fraction of sp³-hybridized carbons (Fsp3) is 0.148. The van der Waals surface area contributed by atoms with E-state index in [1.165, 1.54) is 22.3 Å². The van der Waals surface area contributed by atoms with Crippen LogP contribution in [0, 0.1) is 0 Å². The molecule has 0 spiro atoms. The van der Waals surface area contributed by atoms with Crippen LogP contribution in [0.5, 0.6) is 0 Å². The van der Waals surface area contributed by atoms with Gasteiger partial charge in [0.05, 0.1) is 28.5 Å². The second kappa shape index (κ2) is 18.6. The lowest BCUT2D eigenvalue weighted by Gasteiger charge is -2.31. The highest BCUT2D eigenvalue weighted by atomic mass is 35.5. The summed E-state index contributed by atoms with van der Waals surface area (Å²) in [5.74, 6) is 0.0954. The summed E-state index contributed by atoms with van der Waals surface area (Å²) in [6.07, 6.45) is 11.6. The zero-order valence-corrected chi connectivity index (χ0v) is 35.7. The molecule has 0 saturated heterocycles. The number of hydrogen-bond donors (Lipinski definition) is 0. The molecule has 2 heterocycles. The normalized spacial score (nSPS) is 14.1. The van der Waals surface area contributed by atoms with Crippen LogP contribution in [0.4, 0.5) is 0 Å². The van der Waals surface area contributed by atoms with E-state index < -0.39 is 0 Å². The Morgan fingerprint density at radius 1 is 0.484 bits per heavy atom. The standard InChI is InChI=1S/2C27H23ClN2O/c28-22-14-11-20(12-15-22)19-30(26-16-13-21-7-1-2-8-23(21)26)27(31)24-9-3-4-10-25(24)29-17-5-6-18-29;28-23-13-11-20(12-14-23)19-30(24-17-21-7-1-2-8-22(21)18-24)27(31)25-9-3-4-10-26(25)29-15-5-6-16-29/h1-12,14-15,17-18,26H,13,16,19H2;1-16,24H,17-19H2. The Kier molecular flexibility index (Phi) is 12.2. The molecule has 10 rings (SSSR count). The first-order valence-electron chi connectivity index (χ1n) is 21.1. The number of rotatable bonds is 10. The number of aryl methyl sites for hydroxylation is 1. The van der Waals surface area contributed by atoms with Crippen molar-refractivity contribution in [1.82, 2.24) is 18.9 Å². The lowest BCUT2D eigenvalue weighted by atomic mass is 10.0. The lowest BCUT2D eigenvalue weighted by molar-refractivity contribution is 0.0654. The van der Waals surface area contributed by atoms with Gasteiger partial charge < -0.3 is 18.9 Å². The minimum absolute atomic E-state index is 0.0425. The van der Waals surface area contributed by atoms with E-state index in [0.29, 0.717) is 34.3 Å². The molecule has 0 radical (unpaired) electrons. The number of hydrogen-bond acceptors (Lipinski definition) is 2. The van der Waals surface area contributed by atoms with Gasteiger partial charge in [-0.15, -0.1) is 0 Å². The van der Waals surface area contributed by atoms with Crippen LogP contribution >= 0.6 is 23.2 Å². The van der Waals surface area contributed by atoms with Gasteiger partial charge in [0.2, 0.25) is 0 Å². The van der Waals surface area contributed by atoms with Crippen LogP contribution in [0.1, 0.15) is 66.6 Å². The number of halogens is 2. The Morgan fingerprint density at radius 2 is 0.903 bits per heavy atom. The van der Waals surface area contributed by atoms with Crippen molar-refractivity contribution in [1.29, 1.82) is 0 Å². The molecule has 308 valence electrons. The molecule has 0 aliphatic heterocycles. The summed E-state index contributed by atoms with van der Waals surface area (Å²) in [6.45, 7) is 1.09. The molecule has 8 heteroatoms. The van der Waals surface area contributed by atoms with Gasteiger partial charge in [0.15, 0.2) is 0 Å². The molecule has 0 bridgehead atoms. The van der Waals surface area contributed by atoms with Crippen LogP contribution in [-0.2, 0) is 32.4 Å². The molecular formula is C54H46Cl2N4O2. The van der Waals surface area contributed by atoms with Gasteiger partial charge in [-0.2, -0.15) is 0 Å². The van der Waals surface area contributed by atoms with Crippen molar-refractivity contribution < 1.29 is 9.59 Å². The second-order valence-corrected chi connectivity index (χ2v) is 16.8. The van der Waals surface area contributed by atoms with Gasteiger partial charge in [-0.3, -0.25) is 9.59 Å². The molecule has 8 aromatic rings. The number of fused-ring (bicyclic) bond motifs is 2. The Bertz CT molecular complexity index is 2760. The third kappa shape index (κ3) is 8.89. The first-order chi connectivity index (χ1) is 30.4. The first kappa shape index (κ1) is 40.8. The van der Waals surface area contributed by atoms with Crippen LogP contribution in [-0.4, -0.2) is 36.8 Å². The van der Waals surface area contributed by atoms with Gasteiger partial charge in [0, 0.05) is 54.0 Å². The van der Waals surface area contributed by atoms with Crippen molar-refractivity contribution in [3.63, 3.8) is 0 Å². The largest absolute Gasteiger partial charge is 0.331 e. The topological polar surface area (TPSA) is 50.5 Å². The Labute approximate surface area is 373 Å². The van der Waals surface area contributed by atoms with E-state index in [-0.39, 0.29) is 23.9 Å². The molecule has 2 aliphatic carbocycles. The summed E-state index contributed by atoms with van der Waals surface area (Å²) < 4.78 is 3.99. The maximum Gasteiger partial charge on any atom is 0.256 e. The number of carbonyl (C=O) groups excluding carboxylic acids is 2. The zero-order valence-electron chi connectivity index (χ0n) is 34.2. The summed E-state index contributed by atoms with van der Waals surface area (Å²) in [5.41, 5.74) is 10.6. The monoisotopic (exact) mass is 852 g/mol. The van der Waals surface area contributed by atoms with Crippen LogP contribution in [0.2, 0.25) is 10.0 Å². The van der Waals surface area contributed by atoms with Gasteiger partial charge in [0.25, 0.3) is 11.8 Å². The van der Waals surface area contributed by atoms with E-state index in [4.69, 9.17) is 23.2 Å². The smallest absolute Gasteiger partial charge is 0.256 e.